The zero-order valence-electron chi connectivity index (χ0n) is 16.7. The number of aromatic nitrogens is 1. The molecule has 0 radical (unpaired) electrons. The molecule has 1 aromatic heterocycles. The summed E-state index contributed by atoms with van der Waals surface area (Å²) in [6.45, 7) is 0. The molecule has 0 fully saturated rings. The third-order valence-electron chi connectivity index (χ3n) is 6.25. The van der Waals surface area contributed by atoms with Crippen molar-refractivity contribution in [3.63, 3.8) is 0 Å². The van der Waals surface area contributed by atoms with E-state index in [1.165, 1.54) is 11.1 Å². The number of para-hydroxylation sites is 1. The van der Waals surface area contributed by atoms with Crippen molar-refractivity contribution in [2.24, 2.45) is 5.73 Å². The average Bonchev–Trinajstić information content (AvgIpc) is 2.98. The number of hydrogen-bond donors (Lipinski definition) is 1. The van der Waals surface area contributed by atoms with Crippen molar-refractivity contribution in [1.29, 1.82) is 5.26 Å². The highest BCUT2D eigenvalue weighted by Gasteiger charge is 2.61. The number of benzene rings is 1. The predicted octanol–water partition coefficient (Wildman–Crippen LogP) is 3.17. The molecule has 0 saturated heterocycles. The van der Waals surface area contributed by atoms with Gasteiger partial charge in [-0.3, -0.25) is 14.5 Å². The molecule has 154 valence electrons. The fourth-order valence-corrected chi connectivity index (χ4v) is 5.11. The van der Waals surface area contributed by atoms with E-state index in [1.54, 1.807) is 36.2 Å². The maximum absolute atomic E-state index is 13.8. The lowest BCUT2D eigenvalue weighted by Crippen LogP contribution is -2.52. The van der Waals surface area contributed by atoms with E-state index >= 15 is 0 Å². The monoisotopic (exact) mass is 431 g/mol. The number of allylic oxidation sites excluding steroid dienone is 1. The number of rotatable bonds is 1. The van der Waals surface area contributed by atoms with E-state index in [1.807, 2.05) is 12.1 Å². The topological polar surface area (TPSA) is 103 Å². The summed E-state index contributed by atoms with van der Waals surface area (Å²) in [7, 11) is 1.65. The Bertz CT molecular complexity index is 1260. The van der Waals surface area contributed by atoms with Crippen LogP contribution in [0.15, 0.2) is 65.3 Å². The molecule has 2 aliphatic heterocycles. The van der Waals surface area contributed by atoms with Gasteiger partial charge in [0, 0.05) is 42.2 Å². The van der Waals surface area contributed by atoms with Gasteiger partial charge in [-0.25, -0.2) is 4.98 Å². The van der Waals surface area contributed by atoms with Crippen LogP contribution in [-0.4, -0.2) is 23.7 Å². The number of nitrogens with zero attached hydrogens (tertiary/aromatic N) is 4. The maximum Gasteiger partial charge on any atom is 0.247 e. The highest BCUT2D eigenvalue weighted by atomic mass is 35.5. The lowest BCUT2D eigenvalue weighted by molar-refractivity contribution is -0.124. The van der Waals surface area contributed by atoms with Crippen molar-refractivity contribution in [2.75, 3.05) is 16.8 Å². The summed E-state index contributed by atoms with van der Waals surface area (Å²) in [6.07, 6.45) is 2.94. The SMILES string of the molecule is CN1C(=O)[C@@]2(C(C#N)=C(N)N(c3ccc(Cl)cn3)C3=C2C(=O)CCC3)c2ccccc21. The third kappa shape index (κ3) is 2.37. The minimum atomic E-state index is -1.54. The van der Waals surface area contributed by atoms with E-state index in [4.69, 9.17) is 17.3 Å². The first-order valence-electron chi connectivity index (χ1n) is 9.89. The molecule has 0 unspecified atom stereocenters. The number of ketones is 1. The van der Waals surface area contributed by atoms with Crippen LogP contribution in [0.5, 0.6) is 0 Å². The summed E-state index contributed by atoms with van der Waals surface area (Å²) in [6, 6.07) is 12.8. The Hall–Kier alpha value is -3.63. The van der Waals surface area contributed by atoms with Crippen LogP contribution in [0.2, 0.25) is 5.02 Å². The second-order valence-corrected chi connectivity index (χ2v) is 8.21. The van der Waals surface area contributed by atoms with Crippen molar-refractivity contribution in [3.05, 3.63) is 75.8 Å². The molecule has 0 bridgehead atoms. The molecule has 5 rings (SSSR count). The number of pyridine rings is 1. The Balaban J connectivity index is 1.89. The molecule has 1 amide bonds. The van der Waals surface area contributed by atoms with Crippen LogP contribution < -0.4 is 15.5 Å². The van der Waals surface area contributed by atoms with Crippen LogP contribution in [0.25, 0.3) is 0 Å². The molecular formula is C23H18ClN5O2. The number of likely N-dealkylation sites (N-methyl/N-ethyl adjacent to an activating group) is 1. The molecule has 1 aliphatic carbocycles. The van der Waals surface area contributed by atoms with Gasteiger partial charge in [0.2, 0.25) is 5.91 Å². The van der Waals surface area contributed by atoms with Crippen LogP contribution >= 0.6 is 11.6 Å². The van der Waals surface area contributed by atoms with Crippen molar-refractivity contribution >= 4 is 34.8 Å². The van der Waals surface area contributed by atoms with Crippen LogP contribution in [0.1, 0.15) is 24.8 Å². The van der Waals surface area contributed by atoms with Crippen LogP contribution in [0.4, 0.5) is 11.5 Å². The lowest BCUT2D eigenvalue weighted by Gasteiger charge is -2.43. The normalized spacial score (nSPS) is 22.7. The lowest BCUT2D eigenvalue weighted by atomic mass is 9.64. The summed E-state index contributed by atoms with van der Waals surface area (Å²) in [5, 5.41) is 10.7. The van der Waals surface area contributed by atoms with Crippen molar-refractivity contribution in [3.8, 4) is 6.07 Å². The fourth-order valence-electron chi connectivity index (χ4n) is 5.00. The van der Waals surface area contributed by atoms with Crippen LogP contribution in [0, 0.1) is 11.3 Å². The number of fused-ring (bicyclic) bond motifs is 3. The summed E-state index contributed by atoms with van der Waals surface area (Å²) in [5.41, 5.74) is 7.27. The first kappa shape index (κ1) is 19.3. The number of halogens is 1. The van der Waals surface area contributed by atoms with Crippen LogP contribution in [0.3, 0.4) is 0 Å². The van der Waals surface area contributed by atoms with Gasteiger partial charge in [-0.05, 0) is 31.0 Å². The molecule has 2 aromatic rings. The average molecular weight is 432 g/mol. The van der Waals surface area contributed by atoms with E-state index in [-0.39, 0.29) is 23.1 Å². The number of nitriles is 1. The Morgan fingerprint density at radius 1 is 1.19 bits per heavy atom. The Morgan fingerprint density at radius 2 is 1.97 bits per heavy atom. The number of carbonyl (C=O) groups is 2. The second kappa shape index (κ2) is 6.69. The molecule has 1 spiro atoms. The van der Waals surface area contributed by atoms with E-state index in [2.05, 4.69) is 11.1 Å². The molecule has 0 saturated carbocycles. The minimum absolute atomic E-state index is 0.0417. The molecule has 8 heteroatoms. The summed E-state index contributed by atoms with van der Waals surface area (Å²) < 4.78 is 0. The highest BCUT2D eigenvalue weighted by molar-refractivity contribution is 6.30. The number of carbonyl (C=O) groups excluding carboxylic acids is 2. The Morgan fingerprint density at radius 3 is 2.68 bits per heavy atom. The smallest absolute Gasteiger partial charge is 0.247 e. The van der Waals surface area contributed by atoms with Crippen molar-refractivity contribution < 1.29 is 9.59 Å². The quantitative estimate of drug-likeness (QED) is 0.743. The molecule has 1 atom stereocenters. The Kier molecular flexibility index (Phi) is 4.17. The van der Waals surface area contributed by atoms with E-state index in [0.717, 1.165) is 0 Å². The predicted molar refractivity (Wildman–Crippen MR) is 116 cm³/mol. The standard InChI is InChI=1S/C23H18ClN5O2/c1-28-16-6-3-2-5-14(16)23(22(28)31)15(11-25)21(26)29(19-10-9-13(24)12-27-19)17-7-4-8-18(30)20(17)23/h2-3,5-6,9-10,12H,4,7-8,26H2,1H3/t23-/m1/s1. The molecular weight excluding hydrogens is 414 g/mol. The maximum atomic E-state index is 13.8. The second-order valence-electron chi connectivity index (χ2n) is 7.77. The van der Waals surface area contributed by atoms with E-state index in [9.17, 15) is 14.9 Å². The molecule has 7 nitrogen and oxygen atoms in total. The van der Waals surface area contributed by atoms with Gasteiger partial charge in [-0.15, -0.1) is 0 Å². The van der Waals surface area contributed by atoms with Gasteiger partial charge in [0.05, 0.1) is 10.6 Å². The molecule has 31 heavy (non-hydrogen) atoms. The van der Waals surface area contributed by atoms with Gasteiger partial charge >= 0.3 is 0 Å². The first-order chi connectivity index (χ1) is 14.9. The first-order valence-corrected chi connectivity index (χ1v) is 10.3. The van der Waals surface area contributed by atoms with Crippen LogP contribution in [-0.2, 0) is 15.0 Å². The third-order valence-corrected chi connectivity index (χ3v) is 6.47. The number of amides is 1. The number of hydrogen-bond acceptors (Lipinski definition) is 6. The van der Waals surface area contributed by atoms with Gasteiger partial charge in [-0.2, -0.15) is 5.26 Å². The zero-order chi connectivity index (χ0) is 21.9. The highest BCUT2D eigenvalue weighted by Crippen LogP contribution is 2.56. The minimum Gasteiger partial charge on any atom is -0.384 e. The van der Waals surface area contributed by atoms with Crippen molar-refractivity contribution in [2.45, 2.75) is 24.7 Å². The molecule has 3 aliphatic rings. The number of Topliss-reactive ketones (excluding diaryl/α,β-unsaturated/α-hetero) is 1. The molecule has 2 N–H and O–H groups in total. The Labute approximate surface area is 184 Å². The largest absolute Gasteiger partial charge is 0.384 e. The molecule has 1 aromatic carbocycles. The van der Waals surface area contributed by atoms with Gasteiger partial charge in [0.25, 0.3) is 0 Å². The van der Waals surface area contributed by atoms with Gasteiger partial charge < -0.3 is 10.6 Å². The number of anilines is 2. The van der Waals surface area contributed by atoms with Gasteiger partial charge in [0.1, 0.15) is 23.1 Å². The van der Waals surface area contributed by atoms with E-state index < -0.39 is 5.41 Å². The van der Waals surface area contributed by atoms with Gasteiger partial charge in [0.15, 0.2) is 5.78 Å². The van der Waals surface area contributed by atoms with Gasteiger partial charge in [-0.1, -0.05) is 29.8 Å². The summed E-state index contributed by atoms with van der Waals surface area (Å²) >= 11 is 6.00. The summed E-state index contributed by atoms with van der Waals surface area (Å²) in [4.78, 5) is 34.7. The van der Waals surface area contributed by atoms with E-state index in [0.29, 0.717) is 52.6 Å². The number of nitrogens with two attached hydrogens (primary N) is 1. The van der Waals surface area contributed by atoms with Crippen molar-refractivity contribution in [1.82, 2.24) is 4.98 Å². The summed E-state index contributed by atoms with van der Waals surface area (Å²) in [5.74, 6) is 0.0431. The fraction of sp³-hybridized carbons (Fsp3) is 0.217. The molecule has 3 heterocycles. The zero-order valence-corrected chi connectivity index (χ0v) is 17.5.